The van der Waals surface area contributed by atoms with Crippen LogP contribution in [0.1, 0.15) is 12.5 Å². The molecule has 2 N–H and O–H groups in total. The molecular weight excluding hydrogens is 519 g/mol. The molecule has 0 saturated heterocycles. The third kappa shape index (κ3) is 7.80. The van der Waals surface area contributed by atoms with Crippen LogP contribution in [0, 0.1) is 0 Å². The molecule has 6 nitrogen and oxygen atoms in total. The number of guanidine groups is 1. The van der Waals surface area contributed by atoms with Crippen LogP contribution in [0.2, 0.25) is 0 Å². The molecule has 2 aromatic carbocycles. The quantitative estimate of drug-likeness (QED) is 0.229. The smallest absolute Gasteiger partial charge is 0.242 e. The van der Waals surface area contributed by atoms with Crippen molar-refractivity contribution in [2.75, 3.05) is 27.7 Å². The second-order valence-electron chi connectivity index (χ2n) is 6.44. The summed E-state index contributed by atoms with van der Waals surface area (Å²) in [6.07, 6.45) is 0. The maximum atomic E-state index is 12.5. The Balaban J connectivity index is 0.00000420. The van der Waals surface area contributed by atoms with E-state index in [1.807, 2.05) is 30.3 Å². The molecule has 0 amide bonds. The molecule has 0 radical (unpaired) electrons. The van der Waals surface area contributed by atoms with E-state index in [1.54, 1.807) is 30.9 Å². The first-order valence-corrected chi connectivity index (χ1v) is 11.3. The topological polar surface area (TPSA) is 73.8 Å². The summed E-state index contributed by atoms with van der Waals surface area (Å²) in [5.41, 5.74) is 0.700. The first kappa shape index (κ1) is 25.7. The number of hydrogen-bond acceptors (Lipinski definition) is 4. The summed E-state index contributed by atoms with van der Waals surface area (Å²) in [6, 6.07) is 17.3. The maximum Gasteiger partial charge on any atom is 0.242 e. The lowest BCUT2D eigenvalue weighted by Crippen LogP contribution is -2.40. The lowest BCUT2D eigenvalue weighted by molar-refractivity contribution is 0.519. The summed E-state index contributed by atoms with van der Waals surface area (Å²) < 4.78 is 26.2. The van der Waals surface area contributed by atoms with E-state index >= 15 is 0 Å². The van der Waals surface area contributed by atoms with E-state index in [0.717, 1.165) is 6.54 Å². The summed E-state index contributed by atoms with van der Waals surface area (Å²) >= 11 is 1.79. The van der Waals surface area contributed by atoms with Gasteiger partial charge in [0.05, 0.1) is 4.90 Å². The summed E-state index contributed by atoms with van der Waals surface area (Å²) in [5.74, 6) is 0.637. The van der Waals surface area contributed by atoms with Crippen molar-refractivity contribution in [3.8, 4) is 0 Å². The van der Waals surface area contributed by atoms with Gasteiger partial charge >= 0.3 is 0 Å². The van der Waals surface area contributed by atoms with Crippen molar-refractivity contribution >= 4 is 51.7 Å². The highest BCUT2D eigenvalue weighted by Crippen LogP contribution is 2.22. The van der Waals surface area contributed by atoms with Crippen molar-refractivity contribution < 1.29 is 8.42 Å². The van der Waals surface area contributed by atoms with E-state index < -0.39 is 10.0 Å². The fraction of sp³-hybridized carbons (Fsp3) is 0.350. The molecule has 0 fully saturated rings. The fourth-order valence-corrected chi connectivity index (χ4v) is 4.57. The molecule has 0 saturated carbocycles. The van der Waals surface area contributed by atoms with E-state index in [9.17, 15) is 8.42 Å². The van der Waals surface area contributed by atoms with Gasteiger partial charge in [-0.2, -0.15) is 0 Å². The predicted molar refractivity (Wildman–Crippen MR) is 133 cm³/mol. The van der Waals surface area contributed by atoms with E-state index in [0.29, 0.717) is 28.2 Å². The molecular formula is C20H29IN4O2S2. The molecule has 0 aromatic heterocycles. The van der Waals surface area contributed by atoms with Gasteiger partial charge in [0.25, 0.3) is 0 Å². The first-order valence-electron chi connectivity index (χ1n) is 9.01. The van der Waals surface area contributed by atoms with Crippen molar-refractivity contribution in [2.45, 2.75) is 28.5 Å². The number of hydrogen-bond donors (Lipinski definition) is 2. The first-order chi connectivity index (χ1) is 13.3. The molecule has 0 aliphatic carbocycles. The molecule has 160 valence electrons. The van der Waals surface area contributed by atoms with Crippen molar-refractivity contribution in [1.82, 2.24) is 14.9 Å². The number of benzene rings is 2. The van der Waals surface area contributed by atoms with Crippen molar-refractivity contribution in [3.63, 3.8) is 0 Å². The van der Waals surface area contributed by atoms with Gasteiger partial charge in [0.15, 0.2) is 5.96 Å². The van der Waals surface area contributed by atoms with Crippen molar-refractivity contribution in [3.05, 3.63) is 60.2 Å². The van der Waals surface area contributed by atoms with Crippen LogP contribution in [0.25, 0.3) is 0 Å². The second-order valence-corrected chi connectivity index (χ2v) is 10.1. The number of halogens is 1. The predicted octanol–water partition coefficient (Wildman–Crippen LogP) is 3.40. The van der Waals surface area contributed by atoms with E-state index in [1.165, 1.54) is 23.3 Å². The lowest BCUT2D eigenvalue weighted by atomic mass is 10.2. The molecule has 0 heterocycles. The minimum Gasteiger partial charge on any atom is -0.355 e. The largest absolute Gasteiger partial charge is 0.355 e. The summed E-state index contributed by atoms with van der Waals surface area (Å²) in [5, 5.41) is 6.85. The summed E-state index contributed by atoms with van der Waals surface area (Å²) in [7, 11) is 1.28. The normalized spacial score (nSPS) is 12.9. The highest BCUT2D eigenvalue weighted by Gasteiger charge is 2.20. The Bertz CT molecular complexity index is 890. The van der Waals surface area contributed by atoms with Crippen LogP contribution in [0.4, 0.5) is 0 Å². The number of rotatable bonds is 8. The van der Waals surface area contributed by atoms with Crippen LogP contribution in [-0.2, 0) is 16.6 Å². The van der Waals surface area contributed by atoms with Crippen LogP contribution >= 0.6 is 35.7 Å². The fourth-order valence-electron chi connectivity index (χ4n) is 2.51. The Hall–Kier alpha value is -1.30. The average Bonchev–Trinajstić information content (AvgIpc) is 2.69. The third-order valence-corrected chi connectivity index (χ3v) is 7.07. The zero-order chi connectivity index (χ0) is 20.6. The van der Waals surface area contributed by atoms with Gasteiger partial charge in [0, 0.05) is 44.4 Å². The Kier molecular flexibility index (Phi) is 11.0. The van der Waals surface area contributed by atoms with Crippen molar-refractivity contribution in [1.29, 1.82) is 0 Å². The number of sulfonamides is 1. The highest BCUT2D eigenvalue weighted by atomic mass is 127. The molecule has 2 rings (SSSR count). The molecule has 29 heavy (non-hydrogen) atoms. The molecule has 0 aliphatic rings. The van der Waals surface area contributed by atoms with E-state index in [-0.39, 0.29) is 24.0 Å². The Morgan fingerprint density at radius 2 is 1.69 bits per heavy atom. The number of aliphatic imine (C=N–C) groups is 1. The minimum absolute atomic E-state index is 0. The van der Waals surface area contributed by atoms with Crippen LogP contribution in [0.3, 0.4) is 0 Å². The van der Waals surface area contributed by atoms with Gasteiger partial charge in [-0.05, 0) is 23.8 Å². The van der Waals surface area contributed by atoms with Gasteiger partial charge in [-0.25, -0.2) is 12.7 Å². The zero-order valence-electron chi connectivity index (χ0n) is 17.1. The molecule has 2 aromatic rings. The minimum atomic E-state index is -3.49. The van der Waals surface area contributed by atoms with Gasteiger partial charge in [-0.1, -0.05) is 43.3 Å². The van der Waals surface area contributed by atoms with Gasteiger partial charge in [0.2, 0.25) is 10.0 Å². The van der Waals surface area contributed by atoms with Crippen molar-refractivity contribution in [2.24, 2.45) is 4.99 Å². The van der Waals surface area contributed by atoms with Crippen LogP contribution in [0.15, 0.2) is 69.4 Å². The van der Waals surface area contributed by atoms with Gasteiger partial charge in [-0.15, -0.1) is 35.7 Å². The van der Waals surface area contributed by atoms with Crippen LogP contribution < -0.4 is 10.6 Å². The highest BCUT2D eigenvalue weighted by molar-refractivity contribution is 14.0. The Morgan fingerprint density at radius 3 is 2.31 bits per heavy atom. The molecule has 1 unspecified atom stereocenters. The lowest BCUT2D eigenvalue weighted by Gasteiger charge is -2.18. The Labute approximate surface area is 195 Å². The monoisotopic (exact) mass is 548 g/mol. The number of thioether (sulfide) groups is 1. The molecule has 0 aliphatic heterocycles. The molecule has 0 spiro atoms. The Morgan fingerprint density at radius 1 is 1.07 bits per heavy atom. The van der Waals surface area contributed by atoms with Gasteiger partial charge < -0.3 is 10.6 Å². The molecule has 0 bridgehead atoms. The molecule has 9 heteroatoms. The third-order valence-electron chi connectivity index (χ3n) is 4.04. The van der Waals surface area contributed by atoms with E-state index in [4.69, 9.17) is 0 Å². The standard InChI is InChI=1S/C20H28N4O2S2.HI/c1-16(27-18-11-6-5-7-12-18)14-22-20(21-2)23-15-17-10-8-9-13-19(17)28(25,26)24(3)4;/h5-13,16H,14-15H2,1-4H3,(H2,21,22,23);1H. The van der Waals surface area contributed by atoms with Gasteiger partial charge in [0.1, 0.15) is 0 Å². The average molecular weight is 549 g/mol. The van der Waals surface area contributed by atoms with Gasteiger partial charge in [-0.3, -0.25) is 4.99 Å². The van der Waals surface area contributed by atoms with Crippen LogP contribution in [-0.4, -0.2) is 51.6 Å². The molecule has 1 atom stereocenters. The van der Waals surface area contributed by atoms with E-state index in [2.05, 4.69) is 34.7 Å². The van der Waals surface area contributed by atoms with Crippen LogP contribution in [0.5, 0.6) is 0 Å². The summed E-state index contributed by atoms with van der Waals surface area (Å²) in [6.45, 7) is 3.25. The zero-order valence-corrected chi connectivity index (χ0v) is 21.1. The summed E-state index contributed by atoms with van der Waals surface area (Å²) in [4.78, 5) is 5.76. The second kappa shape index (κ2) is 12.4. The number of nitrogens with zero attached hydrogens (tertiary/aromatic N) is 2. The number of nitrogens with one attached hydrogen (secondary N) is 2. The maximum absolute atomic E-state index is 12.5. The SMILES string of the molecule is CN=C(NCc1ccccc1S(=O)(=O)N(C)C)NCC(C)Sc1ccccc1.I.